The fourth-order valence-electron chi connectivity index (χ4n) is 0.163. The minimum Gasteiger partial charge on any atom is -0.563 e. The van der Waals surface area contributed by atoms with Gasteiger partial charge >= 0.3 is 92.2 Å². The number of hydrogen-bond acceptors (Lipinski definition) is 15. The van der Waals surface area contributed by atoms with Gasteiger partial charge in [0, 0.05) is 0 Å². The maximum absolute atomic E-state index is 9.24. The van der Waals surface area contributed by atoms with Crippen LogP contribution in [0.5, 0.6) is 0 Å². The molecule has 23 heavy (non-hydrogen) atoms. The number of rotatable bonds is 6. The maximum Gasteiger partial charge on any atom is 4.00 e. The van der Waals surface area contributed by atoms with Crippen LogP contribution in [0.1, 0.15) is 0 Å². The predicted octanol–water partition coefficient (Wildman–Crippen LogP) is -2.89. The normalized spacial score (nSPS) is 12.3. The third-order valence-corrected chi connectivity index (χ3v) is 3.60. The van der Waals surface area contributed by atoms with Gasteiger partial charge in [-0.3, -0.25) is 0 Å². The molecule has 0 saturated carbocycles. The van der Waals surface area contributed by atoms with E-state index in [0.717, 1.165) is 0 Å². The predicted molar refractivity (Wildman–Crippen MR) is 48.9 cm³/mol. The van der Waals surface area contributed by atoms with Gasteiger partial charge < -0.3 is 29.4 Å². The van der Waals surface area contributed by atoms with E-state index < -0.39 is 49.5 Å². The molecule has 0 rings (SSSR count). The Morgan fingerprint density at radius 1 is 0.435 bits per heavy atom. The van der Waals surface area contributed by atoms with E-state index in [4.69, 9.17) is 0 Å². The van der Waals surface area contributed by atoms with Gasteiger partial charge in [-0.15, -0.1) is 0 Å². The summed E-state index contributed by atoms with van der Waals surface area (Å²) >= 11 is 0. The summed E-state index contributed by atoms with van der Waals surface area (Å²) < 4.78 is 64.9. The van der Waals surface area contributed by atoms with Gasteiger partial charge in [0.2, 0.25) is 0 Å². The minimum atomic E-state index is -3.24. The van der Waals surface area contributed by atoms with E-state index in [0.29, 0.717) is 0 Å². The van der Waals surface area contributed by atoms with Crippen molar-refractivity contribution >= 4 is 49.5 Å². The van der Waals surface area contributed by atoms with Crippen LogP contribution in [0.25, 0.3) is 0 Å². The summed E-state index contributed by atoms with van der Waals surface area (Å²) in [7, 11) is -19.4. The van der Waals surface area contributed by atoms with Crippen molar-refractivity contribution in [2.75, 3.05) is 0 Å². The monoisotopic (exact) mass is 574 g/mol. The summed E-state index contributed by atoms with van der Waals surface area (Å²) in [4.78, 5) is 55.4. The standard InChI is InChI=1S/Ni.3O5P2.Zr/c;3*1-6(2)5-7(3)4;/q+2;;;;+4. The van der Waals surface area contributed by atoms with Crippen molar-refractivity contribution in [1.29, 1.82) is 0 Å². The second-order valence-electron chi connectivity index (χ2n) is 1.59. The molecule has 15 nitrogen and oxygen atoms in total. The fraction of sp³-hybridized carbons (Fsp3) is 0. The third kappa shape index (κ3) is 59.5. The Balaban J connectivity index is -0.0000000675. The van der Waals surface area contributed by atoms with Crippen molar-refractivity contribution in [3.63, 3.8) is 0 Å². The Labute approximate surface area is 161 Å². The first-order valence-corrected chi connectivity index (χ1v) is 9.86. The molecule has 0 aromatic heterocycles. The van der Waals surface area contributed by atoms with E-state index in [2.05, 4.69) is 12.9 Å². The smallest absolute Gasteiger partial charge is 0.563 e. The van der Waals surface area contributed by atoms with Crippen LogP contribution in [0.4, 0.5) is 0 Å². The van der Waals surface area contributed by atoms with Gasteiger partial charge in [-0.2, -0.15) is 0 Å². The van der Waals surface area contributed by atoms with Crippen molar-refractivity contribution in [2.45, 2.75) is 0 Å². The van der Waals surface area contributed by atoms with Crippen molar-refractivity contribution < 1.29 is 112 Å². The first-order valence-electron chi connectivity index (χ1n) is 3.29. The molecule has 23 heteroatoms. The molecule has 0 aromatic rings. The van der Waals surface area contributed by atoms with Gasteiger partial charge in [-0.25, -0.2) is 0 Å². The van der Waals surface area contributed by atoms with Gasteiger partial charge in [0.05, 0.1) is 0 Å². The van der Waals surface area contributed by atoms with Crippen molar-refractivity contribution in [3.8, 4) is 0 Å². The zero-order valence-electron chi connectivity index (χ0n) is 9.62. The average Bonchev–Trinajstić information content (AvgIpc) is 2.10. The molecule has 0 saturated heterocycles. The zero-order valence-corrected chi connectivity index (χ0v) is 18.4. The van der Waals surface area contributed by atoms with Crippen LogP contribution in [-0.4, -0.2) is 0 Å². The summed E-state index contributed by atoms with van der Waals surface area (Å²) in [5, 5.41) is 0. The second kappa shape index (κ2) is 23.6. The van der Waals surface area contributed by atoms with E-state index >= 15 is 0 Å². The molecule has 0 aliphatic heterocycles. The van der Waals surface area contributed by atoms with Crippen molar-refractivity contribution in [1.82, 2.24) is 0 Å². The SMILES string of the molecule is O=[P+]([O-])O[P+](=O)[O-].O=[P+]([O-])O[P+](=O)[O-].O=[P+]([O-])O[P+](=O)[O-].[Ni+2].[Zr+4]. The van der Waals surface area contributed by atoms with Crippen molar-refractivity contribution in [2.24, 2.45) is 0 Å². The quantitative estimate of drug-likeness (QED) is 0.227. The van der Waals surface area contributed by atoms with Crippen LogP contribution in [0.2, 0.25) is 0 Å². The first-order chi connectivity index (χ1) is 9.38. The average molecular weight is 576 g/mol. The molecular formula is NiO15P6Zr+6. The van der Waals surface area contributed by atoms with Gasteiger partial charge in [0.1, 0.15) is 12.9 Å². The second-order valence-corrected chi connectivity index (χ2v) is 6.23. The van der Waals surface area contributed by atoms with Gasteiger partial charge in [-0.05, 0) is 27.4 Å². The van der Waals surface area contributed by atoms with Gasteiger partial charge in [-0.1, -0.05) is 0 Å². The van der Waals surface area contributed by atoms with Crippen LogP contribution < -0.4 is 29.4 Å². The first kappa shape index (κ1) is 35.7. The molecule has 0 aromatic carbocycles. The van der Waals surface area contributed by atoms with Crippen molar-refractivity contribution in [3.05, 3.63) is 0 Å². The Kier molecular flexibility index (Phi) is 36.6. The van der Waals surface area contributed by atoms with Crippen LogP contribution in [-0.2, 0) is 83.0 Å². The van der Waals surface area contributed by atoms with Gasteiger partial charge in [0.15, 0.2) is 0 Å². The molecule has 0 heterocycles. The Bertz CT molecular complexity index is 320. The molecule has 0 bridgehead atoms. The largest absolute Gasteiger partial charge is 4.00 e. The molecule has 6 atom stereocenters. The van der Waals surface area contributed by atoms with E-state index in [9.17, 15) is 56.8 Å². The van der Waals surface area contributed by atoms with Gasteiger partial charge in [0.25, 0.3) is 0 Å². The van der Waals surface area contributed by atoms with E-state index in [-0.39, 0.29) is 42.7 Å². The van der Waals surface area contributed by atoms with E-state index in [1.54, 1.807) is 0 Å². The Hall–Kier alpha value is 1.62. The molecule has 0 fully saturated rings. The third-order valence-electron chi connectivity index (χ3n) is 0.400. The van der Waals surface area contributed by atoms with Crippen LogP contribution >= 0.6 is 49.5 Å². The molecule has 0 spiro atoms. The van der Waals surface area contributed by atoms with Crippen LogP contribution in [0.15, 0.2) is 0 Å². The Morgan fingerprint density at radius 2 is 0.522 bits per heavy atom. The van der Waals surface area contributed by atoms with E-state index in [1.807, 2.05) is 0 Å². The summed E-state index contributed by atoms with van der Waals surface area (Å²) in [5.41, 5.74) is 0. The van der Waals surface area contributed by atoms with Crippen LogP contribution in [0, 0.1) is 0 Å². The fourth-order valence-corrected chi connectivity index (χ4v) is 1.47. The molecular weight excluding hydrogens is 576 g/mol. The molecule has 0 aliphatic rings. The molecule has 128 valence electrons. The van der Waals surface area contributed by atoms with E-state index in [1.165, 1.54) is 0 Å². The molecule has 0 N–H and O–H groups in total. The molecule has 0 radical (unpaired) electrons. The topological polar surface area (TPSA) is 268 Å². The zero-order chi connectivity index (χ0) is 17.6. The summed E-state index contributed by atoms with van der Waals surface area (Å²) in [6, 6.07) is 0. The summed E-state index contributed by atoms with van der Waals surface area (Å²) in [6.07, 6.45) is 0. The maximum atomic E-state index is 9.24. The summed E-state index contributed by atoms with van der Waals surface area (Å²) in [6.45, 7) is 0. The Morgan fingerprint density at radius 3 is 0.522 bits per heavy atom. The minimum absolute atomic E-state index is 0. The summed E-state index contributed by atoms with van der Waals surface area (Å²) in [5.74, 6) is 0. The molecule has 6 unspecified atom stereocenters. The molecule has 0 aliphatic carbocycles. The number of hydrogen-bond donors (Lipinski definition) is 0. The molecule has 0 amide bonds. The van der Waals surface area contributed by atoms with Crippen LogP contribution in [0.3, 0.4) is 0 Å².